The lowest BCUT2D eigenvalue weighted by Gasteiger charge is -2.27. The van der Waals surface area contributed by atoms with Crippen LogP contribution in [0.1, 0.15) is 33.1 Å². The smallest absolute Gasteiger partial charge is 0.237 e. The Balaban J connectivity index is 1.86. The summed E-state index contributed by atoms with van der Waals surface area (Å²) >= 11 is 0. The van der Waals surface area contributed by atoms with Gasteiger partial charge in [0.1, 0.15) is 0 Å². The predicted molar refractivity (Wildman–Crippen MR) is 57.4 cm³/mol. The van der Waals surface area contributed by atoms with Crippen molar-refractivity contribution < 1.29 is 9.90 Å². The zero-order chi connectivity index (χ0) is 11.1. The SMILES string of the molecule is CC(C)(NC(=O)C1CC(O)CN1)C1CC1. The third-order valence-electron chi connectivity index (χ3n) is 3.47. The number of carbonyl (C=O) groups excluding carboxylic acids is 1. The molecule has 15 heavy (non-hydrogen) atoms. The minimum absolute atomic E-state index is 0.0310. The van der Waals surface area contributed by atoms with Crippen LogP contribution < -0.4 is 10.6 Å². The summed E-state index contributed by atoms with van der Waals surface area (Å²) in [5.74, 6) is 0.663. The van der Waals surface area contributed by atoms with Crippen LogP contribution in [0.2, 0.25) is 0 Å². The van der Waals surface area contributed by atoms with E-state index in [1.165, 1.54) is 12.8 Å². The summed E-state index contributed by atoms with van der Waals surface area (Å²) < 4.78 is 0. The van der Waals surface area contributed by atoms with E-state index in [-0.39, 0.29) is 23.6 Å². The van der Waals surface area contributed by atoms with E-state index in [0.29, 0.717) is 18.9 Å². The highest BCUT2D eigenvalue weighted by molar-refractivity contribution is 5.82. The Kier molecular flexibility index (Phi) is 2.73. The number of hydrogen-bond donors (Lipinski definition) is 3. The second-order valence-electron chi connectivity index (χ2n) is 5.34. The van der Waals surface area contributed by atoms with Crippen molar-refractivity contribution in [3.05, 3.63) is 0 Å². The molecule has 1 aliphatic carbocycles. The predicted octanol–water partition coefficient (Wildman–Crippen LogP) is 0.0140. The molecule has 1 heterocycles. The molecule has 2 atom stereocenters. The third kappa shape index (κ3) is 2.49. The monoisotopic (exact) mass is 212 g/mol. The van der Waals surface area contributed by atoms with Crippen LogP contribution in [-0.2, 0) is 4.79 Å². The van der Waals surface area contributed by atoms with Gasteiger partial charge < -0.3 is 15.7 Å². The van der Waals surface area contributed by atoms with Crippen LogP contribution in [-0.4, -0.2) is 35.2 Å². The number of amides is 1. The number of aliphatic hydroxyl groups excluding tert-OH is 1. The van der Waals surface area contributed by atoms with Crippen LogP contribution in [0.5, 0.6) is 0 Å². The first-order valence-electron chi connectivity index (χ1n) is 5.72. The van der Waals surface area contributed by atoms with Crippen molar-refractivity contribution in [2.75, 3.05) is 6.54 Å². The molecular weight excluding hydrogens is 192 g/mol. The summed E-state index contributed by atoms with van der Waals surface area (Å²) in [5, 5.41) is 15.4. The number of aliphatic hydroxyl groups is 1. The van der Waals surface area contributed by atoms with Crippen molar-refractivity contribution >= 4 is 5.91 Å². The maximum Gasteiger partial charge on any atom is 0.237 e. The average molecular weight is 212 g/mol. The molecule has 2 aliphatic rings. The van der Waals surface area contributed by atoms with Gasteiger partial charge in [-0.05, 0) is 39.0 Å². The minimum Gasteiger partial charge on any atom is -0.392 e. The number of carbonyl (C=O) groups is 1. The average Bonchev–Trinajstić information content (AvgIpc) is 2.89. The van der Waals surface area contributed by atoms with E-state index in [4.69, 9.17) is 0 Å². The summed E-state index contributed by atoms with van der Waals surface area (Å²) in [4.78, 5) is 11.9. The van der Waals surface area contributed by atoms with Crippen LogP contribution in [0.25, 0.3) is 0 Å². The second kappa shape index (κ2) is 3.76. The molecule has 1 saturated carbocycles. The highest BCUT2D eigenvalue weighted by Gasteiger charge is 2.40. The van der Waals surface area contributed by atoms with Gasteiger partial charge in [-0.1, -0.05) is 0 Å². The number of nitrogens with one attached hydrogen (secondary N) is 2. The van der Waals surface area contributed by atoms with E-state index < -0.39 is 0 Å². The van der Waals surface area contributed by atoms with E-state index >= 15 is 0 Å². The molecule has 0 aromatic heterocycles. The van der Waals surface area contributed by atoms with E-state index in [2.05, 4.69) is 24.5 Å². The fourth-order valence-electron chi connectivity index (χ4n) is 2.23. The van der Waals surface area contributed by atoms with Gasteiger partial charge >= 0.3 is 0 Å². The molecule has 4 nitrogen and oxygen atoms in total. The van der Waals surface area contributed by atoms with Crippen LogP contribution in [0.3, 0.4) is 0 Å². The summed E-state index contributed by atoms with van der Waals surface area (Å²) in [6, 6.07) is -0.210. The Morgan fingerprint density at radius 2 is 2.13 bits per heavy atom. The van der Waals surface area contributed by atoms with E-state index in [0.717, 1.165) is 0 Å². The van der Waals surface area contributed by atoms with E-state index in [1.807, 2.05) is 0 Å². The molecule has 0 radical (unpaired) electrons. The maximum absolute atomic E-state index is 11.9. The number of rotatable bonds is 3. The molecule has 2 unspecified atom stereocenters. The summed E-state index contributed by atoms with van der Waals surface area (Å²) in [6.45, 7) is 4.68. The normalized spacial score (nSPS) is 31.7. The molecule has 2 fully saturated rings. The van der Waals surface area contributed by atoms with Gasteiger partial charge in [0.05, 0.1) is 12.1 Å². The van der Waals surface area contributed by atoms with Crippen LogP contribution in [0.15, 0.2) is 0 Å². The molecular formula is C11H20N2O2. The van der Waals surface area contributed by atoms with Crippen molar-refractivity contribution in [1.82, 2.24) is 10.6 Å². The van der Waals surface area contributed by atoms with Gasteiger partial charge in [0.25, 0.3) is 0 Å². The molecule has 4 heteroatoms. The molecule has 0 bridgehead atoms. The van der Waals surface area contributed by atoms with E-state index in [9.17, 15) is 9.90 Å². The van der Waals surface area contributed by atoms with E-state index in [1.54, 1.807) is 0 Å². The number of hydrogen-bond acceptors (Lipinski definition) is 3. The largest absolute Gasteiger partial charge is 0.392 e. The standard InChI is InChI=1S/C11H20N2O2/c1-11(2,7-3-4-7)13-10(15)9-5-8(14)6-12-9/h7-9,12,14H,3-6H2,1-2H3,(H,13,15). The van der Waals surface area contributed by atoms with Gasteiger partial charge in [-0.25, -0.2) is 0 Å². The van der Waals surface area contributed by atoms with Gasteiger partial charge in [0, 0.05) is 12.1 Å². The fourth-order valence-corrected chi connectivity index (χ4v) is 2.23. The first-order chi connectivity index (χ1) is 6.99. The zero-order valence-corrected chi connectivity index (χ0v) is 9.42. The quantitative estimate of drug-likeness (QED) is 0.618. The highest BCUT2D eigenvalue weighted by Crippen LogP contribution is 2.39. The first-order valence-corrected chi connectivity index (χ1v) is 5.72. The van der Waals surface area contributed by atoms with Crippen molar-refractivity contribution in [3.8, 4) is 0 Å². The zero-order valence-electron chi connectivity index (χ0n) is 9.42. The molecule has 0 aromatic rings. The fraction of sp³-hybridized carbons (Fsp3) is 0.909. The second-order valence-corrected chi connectivity index (χ2v) is 5.34. The Bertz CT molecular complexity index is 261. The molecule has 86 valence electrons. The van der Waals surface area contributed by atoms with Gasteiger partial charge in [-0.15, -0.1) is 0 Å². The van der Waals surface area contributed by atoms with Crippen molar-refractivity contribution in [2.45, 2.75) is 50.8 Å². The molecule has 1 aliphatic heterocycles. The Morgan fingerprint density at radius 1 is 1.47 bits per heavy atom. The molecule has 2 rings (SSSR count). The van der Waals surface area contributed by atoms with Gasteiger partial charge in [0.2, 0.25) is 5.91 Å². The summed E-state index contributed by atoms with van der Waals surface area (Å²) in [7, 11) is 0. The van der Waals surface area contributed by atoms with Crippen molar-refractivity contribution in [1.29, 1.82) is 0 Å². The van der Waals surface area contributed by atoms with Gasteiger partial charge in [-0.3, -0.25) is 4.79 Å². The molecule has 3 N–H and O–H groups in total. The van der Waals surface area contributed by atoms with Crippen LogP contribution >= 0.6 is 0 Å². The molecule has 1 amide bonds. The Hall–Kier alpha value is -0.610. The van der Waals surface area contributed by atoms with Gasteiger partial charge in [0.15, 0.2) is 0 Å². The molecule has 0 aromatic carbocycles. The topological polar surface area (TPSA) is 61.4 Å². The van der Waals surface area contributed by atoms with Crippen molar-refractivity contribution in [2.24, 2.45) is 5.92 Å². The highest BCUT2D eigenvalue weighted by atomic mass is 16.3. The third-order valence-corrected chi connectivity index (χ3v) is 3.47. The summed E-state index contributed by atoms with van der Waals surface area (Å²) in [5.41, 5.74) is -0.0910. The van der Waals surface area contributed by atoms with Crippen LogP contribution in [0.4, 0.5) is 0 Å². The minimum atomic E-state index is -0.371. The molecule has 1 saturated heterocycles. The van der Waals surface area contributed by atoms with Crippen LogP contribution in [0, 0.1) is 5.92 Å². The number of β-amino-alcohol motifs (C(OH)–C–C–N with tert-alkyl or cyclic N) is 1. The Morgan fingerprint density at radius 3 is 2.60 bits per heavy atom. The lowest BCUT2D eigenvalue weighted by molar-refractivity contribution is -0.124. The molecule has 0 spiro atoms. The van der Waals surface area contributed by atoms with Crippen molar-refractivity contribution in [3.63, 3.8) is 0 Å². The summed E-state index contributed by atoms with van der Waals surface area (Å²) in [6.07, 6.45) is 2.60. The lowest BCUT2D eigenvalue weighted by Crippen LogP contribution is -2.51. The lowest BCUT2D eigenvalue weighted by atomic mass is 9.98. The Labute approximate surface area is 90.4 Å². The van der Waals surface area contributed by atoms with Gasteiger partial charge in [-0.2, -0.15) is 0 Å². The maximum atomic E-state index is 11.9. The first kappa shape index (κ1) is 10.9.